The van der Waals surface area contributed by atoms with Crippen molar-refractivity contribution in [2.24, 2.45) is 5.73 Å². The number of nitrogens with one attached hydrogen (secondary N) is 1. The molecule has 0 spiro atoms. The van der Waals surface area contributed by atoms with Crippen LogP contribution >= 0.6 is 12.2 Å². The molecule has 2 rings (SSSR count). The molecule has 6 heteroatoms. The smallest absolute Gasteiger partial charge is 0.136 e. The fourth-order valence-electron chi connectivity index (χ4n) is 1.63. The highest BCUT2D eigenvalue weighted by Crippen LogP contribution is 2.10. The Morgan fingerprint density at radius 2 is 2.28 bits per heavy atom. The summed E-state index contributed by atoms with van der Waals surface area (Å²) in [6, 6.07) is 5.60. The van der Waals surface area contributed by atoms with Crippen LogP contribution in [0.1, 0.15) is 12.0 Å². The number of nitrogens with two attached hydrogens (primary N) is 1. The molecule has 2 heterocycles. The number of nitrogens with zero attached hydrogens (tertiary/aromatic N) is 3. The molecule has 0 aliphatic rings. The maximum Gasteiger partial charge on any atom is 0.136 e. The third kappa shape index (κ3) is 3.27. The van der Waals surface area contributed by atoms with Crippen LogP contribution in [-0.2, 0) is 6.54 Å². The van der Waals surface area contributed by atoms with Crippen LogP contribution in [0.25, 0.3) is 0 Å². The van der Waals surface area contributed by atoms with Crippen molar-refractivity contribution in [3.63, 3.8) is 0 Å². The van der Waals surface area contributed by atoms with E-state index in [0.717, 1.165) is 30.9 Å². The predicted octanol–water partition coefficient (Wildman–Crippen LogP) is 1.41. The van der Waals surface area contributed by atoms with Gasteiger partial charge in [0, 0.05) is 31.7 Å². The van der Waals surface area contributed by atoms with Crippen molar-refractivity contribution in [1.82, 2.24) is 14.8 Å². The lowest BCUT2D eigenvalue weighted by Crippen LogP contribution is -2.15. The highest BCUT2D eigenvalue weighted by molar-refractivity contribution is 7.80. The summed E-state index contributed by atoms with van der Waals surface area (Å²) in [5.74, 6) is 0.741. The SMILES string of the molecule is NC(=S)c1cccnc1NCCCn1cccn1. The molecular weight excluding hydrogens is 246 g/mol. The van der Waals surface area contributed by atoms with E-state index >= 15 is 0 Å². The lowest BCUT2D eigenvalue weighted by atomic mass is 10.2. The Kier molecular flexibility index (Phi) is 4.25. The molecular formula is C12H15N5S. The topological polar surface area (TPSA) is 68.8 Å². The Bertz CT molecular complexity index is 509. The first-order chi connectivity index (χ1) is 8.77. The fraction of sp³-hybridized carbons (Fsp3) is 0.250. The Hall–Kier alpha value is -1.95. The average molecular weight is 261 g/mol. The third-order valence-corrected chi connectivity index (χ3v) is 2.71. The quantitative estimate of drug-likeness (QED) is 0.608. The molecule has 0 aliphatic heterocycles. The summed E-state index contributed by atoms with van der Waals surface area (Å²) in [6.07, 6.45) is 6.39. The number of hydrogen-bond acceptors (Lipinski definition) is 4. The Balaban J connectivity index is 1.85. The number of anilines is 1. The first-order valence-corrected chi connectivity index (χ1v) is 6.14. The molecule has 2 aromatic rings. The maximum atomic E-state index is 5.63. The minimum Gasteiger partial charge on any atom is -0.389 e. The summed E-state index contributed by atoms with van der Waals surface area (Å²) in [7, 11) is 0. The van der Waals surface area contributed by atoms with Gasteiger partial charge in [-0.1, -0.05) is 12.2 Å². The number of thiocarbonyl (C=S) groups is 1. The Morgan fingerprint density at radius 1 is 1.39 bits per heavy atom. The minimum atomic E-state index is 0.359. The van der Waals surface area contributed by atoms with E-state index in [2.05, 4.69) is 15.4 Å². The van der Waals surface area contributed by atoms with Crippen molar-refractivity contribution in [1.29, 1.82) is 0 Å². The fourth-order valence-corrected chi connectivity index (χ4v) is 1.79. The number of pyridine rings is 1. The van der Waals surface area contributed by atoms with Gasteiger partial charge in [-0.05, 0) is 24.6 Å². The molecule has 0 amide bonds. The van der Waals surface area contributed by atoms with Crippen LogP contribution in [0, 0.1) is 0 Å². The predicted molar refractivity (Wildman–Crippen MR) is 75.5 cm³/mol. The number of hydrogen-bond donors (Lipinski definition) is 2. The third-order valence-electron chi connectivity index (χ3n) is 2.49. The average Bonchev–Trinajstić information content (AvgIpc) is 2.88. The summed E-state index contributed by atoms with van der Waals surface area (Å²) in [6.45, 7) is 1.67. The van der Waals surface area contributed by atoms with Crippen LogP contribution in [0.5, 0.6) is 0 Å². The molecule has 0 bridgehead atoms. The molecule has 94 valence electrons. The van der Waals surface area contributed by atoms with E-state index in [1.54, 1.807) is 12.4 Å². The minimum absolute atomic E-state index is 0.359. The van der Waals surface area contributed by atoms with Crippen molar-refractivity contribution in [2.45, 2.75) is 13.0 Å². The summed E-state index contributed by atoms with van der Waals surface area (Å²) in [5, 5.41) is 7.38. The van der Waals surface area contributed by atoms with Gasteiger partial charge in [0.2, 0.25) is 0 Å². The first kappa shape index (κ1) is 12.5. The maximum absolute atomic E-state index is 5.63. The molecule has 18 heavy (non-hydrogen) atoms. The van der Waals surface area contributed by atoms with Crippen molar-refractivity contribution >= 4 is 23.0 Å². The molecule has 2 aromatic heterocycles. The summed E-state index contributed by atoms with van der Waals surface area (Å²) in [4.78, 5) is 4.59. The van der Waals surface area contributed by atoms with E-state index in [1.165, 1.54) is 0 Å². The van der Waals surface area contributed by atoms with Gasteiger partial charge in [-0.3, -0.25) is 4.68 Å². The second-order valence-corrected chi connectivity index (χ2v) is 4.25. The van der Waals surface area contributed by atoms with Gasteiger partial charge < -0.3 is 11.1 Å². The monoisotopic (exact) mass is 261 g/mol. The van der Waals surface area contributed by atoms with Gasteiger partial charge in [0.25, 0.3) is 0 Å². The standard InChI is InChI=1S/C12H15N5S/c13-11(18)10-4-1-5-14-12(10)15-6-2-8-17-9-3-7-16-17/h1,3-5,7,9H,2,6,8H2,(H2,13,18)(H,14,15). The van der Waals surface area contributed by atoms with E-state index in [4.69, 9.17) is 18.0 Å². The lowest BCUT2D eigenvalue weighted by molar-refractivity contribution is 0.591. The van der Waals surface area contributed by atoms with Gasteiger partial charge in [-0.25, -0.2) is 4.98 Å². The summed E-state index contributed by atoms with van der Waals surface area (Å²) in [5.41, 5.74) is 6.42. The highest BCUT2D eigenvalue weighted by Gasteiger charge is 2.04. The van der Waals surface area contributed by atoms with Gasteiger partial charge in [0.05, 0.1) is 5.56 Å². The zero-order valence-corrected chi connectivity index (χ0v) is 10.7. The van der Waals surface area contributed by atoms with E-state index in [9.17, 15) is 0 Å². The van der Waals surface area contributed by atoms with E-state index in [1.807, 2.05) is 29.1 Å². The molecule has 5 nitrogen and oxygen atoms in total. The van der Waals surface area contributed by atoms with Crippen LogP contribution in [-0.4, -0.2) is 26.3 Å². The first-order valence-electron chi connectivity index (χ1n) is 5.73. The molecule has 0 saturated heterocycles. The molecule has 3 N–H and O–H groups in total. The van der Waals surface area contributed by atoms with Crippen molar-refractivity contribution in [3.05, 3.63) is 42.4 Å². The lowest BCUT2D eigenvalue weighted by Gasteiger charge is -2.09. The number of rotatable bonds is 6. The molecule has 0 fully saturated rings. The molecule has 0 radical (unpaired) electrons. The zero-order chi connectivity index (χ0) is 12.8. The van der Waals surface area contributed by atoms with Gasteiger partial charge in [-0.15, -0.1) is 0 Å². The van der Waals surface area contributed by atoms with Gasteiger partial charge in [0.15, 0.2) is 0 Å². The highest BCUT2D eigenvalue weighted by atomic mass is 32.1. The second kappa shape index (κ2) is 6.11. The van der Waals surface area contributed by atoms with Gasteiger partial charge >= 0.3 is 0 Å². The number of aromatic nitrogens is 3. The van der Waals surface area contributed by atoms with Crippen molar-refractivity contribution in [2.75, 3.05) is 11.9 Å². The zero-order valence-electron chi connectivity index (χ0n) is 9.91. The molecule has 0 atom stereocenters. The Labute approximate surface area is 111 Å². The van der Waals surface area contributed by atoms with E-state index in [-0.39, 0.29) is 0 Å². The van der Waals surface area contributed by atoms with E-state index < -0.39 is 0 Å². The summed E-state index contributed by atoms with van der Waals surface area (Å²) < 4.78 is 1.90. The molecule has 0 unspecified atom stereocenters. The molecule has 0 aromatic carbocycles. The Morgan fingerprint density at radius 3 is 3.00 bits per heavy atom. The number of aryl methyl sites for hydroxylation is 1. The van der Waals surface area contributed by atoms with Gasteiger partial charge in [0.1, 0.15) is 10.8 Å². The van der Waals surface area contributed by atoms with Crippen LogP contribution in [0.15, 0.2) is 36.8 Å². The van der Waals surface area contributed by atoms with Crippen LogP contribution < -0.4 is 11.1 Å². The van der Waals surface area contributed by atoms with Crippen molar-refractivity contribution < 1.29 is 0 Å². The van der Waals surface area contributed by atoms with Crippen molar-refractivity contribution in [3.8, 4) is 0 Å². The van der Waals surface area contributed by atoms with Crippen LogP contribution in [0.2, 0.25) is 0 Å². The second-order valence-electron chi connectivity index (χ2n) is 3.81. The van der Waals surface area contributed by atoms with Crippen LogP contribution in [0.3, 0.4) is 0 Å². The largest absolute Gasteiger partial charge is 0.389 e. The van der Waals surface area contributed by atoms with Gasteiger partial charge in [-0.2, -0.15) is 5.10 Å². The van der Waals surface area contributed by atoms with E-state index in [0.29, 0.717) is 4.99 Å². The molecule has 0 saturated carbocycles. The normalized spacial score (nSPS) is 10.2. The molecule has 0 aliphatic carbocycles. The summed E-state index contributed by atoms with van der Waals surface area (Å²) >= 11 is 4.98. The van der Waals surface area contributed by atoms with Crippen LogP contribution in [0.4, 0.5) is 5.82 Å².